The number of thiophene rings is 1. The molecule has 0 bridgehead atoms. The van der Waals surface area contributed by atoms with Gasteiger partial charge in [-0.15, -0.1) is 11.3 Å². The highest BCUT2D eigenvalue weighted by Crippen LogP contribution is 2.30. The lowest BCUT2D eigenvalue weighted by atomic mass is 10.2. The van der Waals surface area contributed by atoms with Crippen LogP contribution in [0.25, 0.3) is 0 Å². The maximum atomic E-state index is 13.5. The van der Waals surface area contributed by atoms with E-state index in [1.165, 1.54) is 13.1 Å². The number of nitrogens with zero attached hydrogens (tertiary/aromatic N) is 1. The zero-order valence-corrected chi connectivity index (χ0v) is 13.2. The Kier molecular flexibility index (Phi) is 4.39. The second-order valence-electron chi connectivity index (χ2n) is 3.91. The van der Waals surface area contributed by atoms with E-state index < -0.39 is 15.8 Å². The van der Waals surface area contributed by atoms with Crippen molar-refractivity contribution in [2.45, 2.75) is 10.8 Å². The lowest BCUT2D eigenvalue weighted by Crippen LogP contribution is -2.26. The van der Waals surface area contributed by atoms with Gasteiger partial charge in [-0.05, 0) is 33.4 Å². The highest BCUT2D eigenvalue weighted by Gasteiger charge is 2.25. The second-order valence-corrected chi connectivity index (χ2v) is 7.92. The standard InChI is InChI=1S/C12H11BrFNO2S2/c1-15(8-9-4-2-3-5-11(9)14)19(16,17)12-10(13)6-7-18-12/h2-7H,8H2,1H3. The fourth-order valence-corrected chi connectivity index (χ4v) is 5.21. The molecule has 3 nitrogen and oxygen atoms in total. The first kappa shape index (κ1) is 14.6. The van der Waals surface area contributed by atoms with E-state index in [1.807, 2.05) is 0 Å². The van der Waals surface area contributed by atoms with Crippen molar-refractivity contribution in [3.05, 3.63) is 51.6 Å². The van der Waals surface area contributed by atoms with Gasteiger partial charge in [0, 0.05) is 23.6 Å². The van der Waals surface area contributed by atoms with Gasteiger partial charge in [0.15, 0.2) is 0 Å². The Morgan fingerprint density at radius 2 is 2.00 bits per heavy atom. The highest BCUT2D eigenvalue weighted by molar-refractivity contribution is 9.10. The van der Waals surface area contributed by atoms with E-state index >= 15 is 0 Å². The molecule has 0 aliphatic rings. The third-order valence-electron chi connectivity index (χ3n) is 2.58. The third kappa shape index (κ3) is 3.05. The average molecular weight is 364 g/mol. The van der Waals surface area contributed by atoms with Crippen LogP contribution in [-0.4, -0.2) is 19.8 Å². The lowest BCUT2D eigenvalue weighted by molar-refractivity contribution is 0.457. The summed E-state index contributed by atoms with van der Waals surface area (Å²) in [5.41, 5.74) is 0.348. The van der Waals surface area contributed by atoms with Crippen LogP contribution >= 0.6 is 27.3 Å². The molecule has 19 heavy (non-hydrogen) atoms. The molecule has 1 aromatic heterocycles. The number of sulfonamides is 1. The number of benzene rings is 1. The monoisotopic (exact) mass is 363 g/mol. The van der Waals surface area contributed by atoms with Crippen LogP contribution in [0, 0.1) is 5.82 Å². The van der Waals surface area contributed by atoms with E-state index in [9.17, 15) is 12.8 Å². The van der Waals surface area contributed by atoms with Crippen LogP contribution in [0.5, 0.6) is 0 Å². The zero-order valence-electron chi connectivity index (χ0n) is 10.0. The molecule has 2 rings (SSSR count). The van der Waals surface area contributed by atoms with Crippen LogP contribution in [-0.2, 0) is 16.6 Å². The van der Waals surface area contributed by atoms with Gasteiger partial charge in [-0.1, -0.05) is 18.2 Å². The Morgan fingerprint density at radius 1 is 1.32 bits per heavy atom. The minimum atomic E-state index is -3.60. The molecule has 7 heteroatoms. The van der Waals surface area contributed by atoms with Gasteiger partial charge in [0.2, 0.25) is 0 Å². The third-order valence-corrected chi connectivity index (χ3v) is 7.03. The normalized spacial score (nSPS) is 12.0. The molecule has 0 unspecified atom stereocenters. The molecule has 2 aromatic rings. The average Bonchev–Trinajstić information content (AvgIpc) is 2.79. The van der Waals surface area contributed by atoms with Crippen molar-refractivity contribution in [2.75, 3.05) is 7.05 Å². The predicted octanol–water partition coefficient (Wildman–Crippen LogP) is 3.47. The Labute approximate surface area is 123 Å². The molecule has 102 valence electrons. The summed E-state index contributed by atoms with van der Waals surface area (Å²) in [6, 6.07) is 7.82. The molecule has 0 radical (unpaired) electrons. The number of hydrogen-bond donors (Lipinski definition) is 0. The highest BCUT2D eigenvalue weighted by atomic mass is 79.9. The molecule has 0 aliphatic carbocycles. The van der Waals surface area contributed by atoms with Gasteiger partial charge in [-0.3, -0.25) is 0 Å². The van der Waals surface area contributed by atoms with Gasteiger partial charge < -0.3 is 0 Å². The van der Waals surface area contributed by atoms with Crippen LogP contribution < -0.4 is 0 Å². The number of halogens is 2. The molecule has 0 saturated carbocycles. The van der Waals surface area contributed by atoms with Crippen molar-refractivity contribution in [1.82, 2.24) is 4.31 Å². The van der Waals surface area contributed by atoms with E-state index in [1.54, 1.807) is 29.6 Å². The summed E-state index contributed by atoms with van der Waals surface area (Å²) in [5, 5.41) is 1.69. The summed E-state index contributed by atoms with van der Waals surface area (Å²) in [6.45, 7) is -0.000648. The summed E-state index contributed by atoms with van der Waals surface area (Å²) < 4.78 is 40.1. The first-order valence-corrected chi connectivity index (χ1v) is 8.47. The molecular formula is C12H11BrFNO2S2. The van der Waals surface area contributed by atoms with E-state index in [2.05, 4.69) is 15.9 Å². The molecule has 0 spiro atoms. The predicted molar refractivity (Wildman–Crippen MR) is 77.1 cm³/mol. The van der Waals surface area contributed by atoms with Gasteiger partial charge in [0.05, 0.1) is 0 Å². The minimum Gasteiger partial charge on any atom is -0.207 e. The molecule has 1 heterocycles. The number of rotatable bonds is 4. The smallest absolute Gasteiger partial charge is 0.207 e. The van der Waals surface area contributed by atoms with Crippen LogP contribution in [0.15, 0.2) is 44.4 Å². The molecular weight excluding hydrogens is 353 g/mol. The molecule has 0 atom stereocenters. The van der Waals surface area contributed by atoms with Crippen LogP contribution in [0.1, 0.15) is 5.56 Å². The molecule has 0 aliphatic heterocycles. The maximum Gasteiger partial charge on any atom is 0.253 e. The second kappa shape index (κ2) is 5.70. The van der Waals surface area contributed by atoms with Gasteiger partial charge in [0.25, 0.3) is 10.0 Å². The summed E-state index contributed by atoms with van der Waals surface area (Å²) in [5.74, 6) is -0.408. The Hall–Kier alpha value is -0.760. The van der Waals surface area contributed by atoms with Crippen molar-refractivity contribution in [3.63, 3.8) is 0 Å². The van der Waals surface area contributed by atoms with E-state index in [-0.39, 0.29) is 10.8 Å². The fourth-order valence-electron chi connectivity index (χ4n) is 1.56. The van der Waals surface area contributed by atoms with Crippen LogP contribution in [0.3, 0.4) is 0 Å². The largest absolute Gasteiger partial charge is 0.253 e. The quantitative estimate of drug-likeness (QED) is 0.833. The molecule has 0 amide bonds. The van der Waals surface area contributed by atoms with Crippen molar-refractivity contribution < 1.29 is 12.8 Å². The van der Waals surface area contributed by atoms with Crippen molar-refractivity contribution in [2.24, 2.45) is 0 Å². The summed E-state index contributed by atoms with van der Waals surface area (Å²) >= 11 is 4.33. The molecule has 0 N–H and O–H groups in total. The SMILES string of the molecule is CN(Cc1ccccc1F)S(=O)(=O)c1sccc1Br. The topological polar surface area (TPSA) is 37.4 Å². The van der Waals surface area contributed by atoms with Crippen LogP contribution in [0.2, 0.25) is 0 Å². The van der Waals surface area contributed by atoms with Gasteiger partial charge in [0.1, 0.15) is 10.0 Å². The summed E-state index contributed by atoms with van der Waals surface area (Å²) in [4.78, 5) is 0. The summed E-state index contributed by atoms with van der Waals surface area (Å²) in [7, 11) is -2.16. The summed E-state index contributed by atoms with van der Waals surface area (Å²) in [6.07, 6.45) is 0. The minimum absolute atomic E-state index is 0.000648. The Morgan fingerprint density at radius 3 is 2.58 bits per heavy atom. The van der Waals surface area contributed by atoms with E-state index in [0.29, 0.717) is 10.0 Å². The van der Waals surface area contributed by atoms with Crippen LogP contribution in [0.4, 0.5) is 4.39 Å². The van der Waals surface area contributed by atoms with Crippen molar-refractivity contribution in [3.8, 4) is 0 Å². The first-order valence-electron chi connectivity index (χ1n) is 5.35. The van der Waals surface area contributed by atoms with E-state index in [0.717, 1.165) is 15.6 Å². The lowest BCUT2D eigenvalue weighted by Gasteiger charge is -2.16. The van der Waals surface area contributed by atoms with Gasteiger partial charge in [-0.25, -0.2) is 12.8 Å². The van der Waals surface area contributed by atoms with Gasteiger partial charge in [-0.2, -0.15) is 4.31 Å². The Balaban J connectivity index is 2.28. The van der Waals surface area contributed by atoms with Crippen molar-refractivity contribution in [1.29, 1.82) is 0 Å². The van der Waals surface area contributed by atoms with Gasteiger partial charge >= 0.3 is 0 Å². The maximum absolute atomic E-state index is 13.5. The van der Waals surface area contributed by atoms with Crippen molar-refractivity contribution >= 4 is 37.3 Å². The van der Waals surface area contributed by atoms with E-state index in [4.69, 9.17) is 0 Å². The fraction of sp³-hybridized carbons (Fsp3) is 0.167. The molecule has 0 fully saturated rings. The number of hydrogen-bond acceptors (Lipinski definition) is 3. The zero-order chi connectivity index (χ0) is 14.0. The molecule has 1 aromatic carbocycles. The Bertz CT molecular complexity index is 685. The first-order chi connectivity index (χ1) is 8.93. The molecule has 0 saturated heterocycles.